The molecule has 2 aromatic carbocycles. The standard InChI is InChI=1S/C18H17Br2NO3/c1-24-18(23)16(8-7-12-5-3-2-4-6-12)21-17(22)13-9-14(19)11-15(20)10-13/h2-6,9-11,16H,7-8H2,1H3,(H,21,22)/t16-/m0/s1. The van der Waals surface area contributed by atoms with Crippen LogP contribution < -0.4 is 5.32 Å². The third-order valence-electron chi connectivity index (χ3n) is 3.48. The highest BCUT2D eigenvalue weighted by molar-refractivity contribution is 9.11. The van der Waals surface area contributed by atoms with Gasteiger partial charge in [-0.1, -0.05) is 62.2 Å². The van der Waals surface area contributed by atoms with E-state index < -0.39 is 12.0 Å². The van der Waals surface area contributed by atoms with Crippen LogP contribution in [0.3, 0.4) is 0 Å². The van der Waals surface area contributed by atoms with Gasteiger partial charge in [-0.3, -0.25) is 4.79 Å². The second-order valence-corrected chi connectivity index (χ2v) is 7.06. The van der Waals surface area contributed by atoms with E-state index in [2.05, 4.69) is 37.2 Å². The topological polar surface area (TPSA) is 55.4 Å². The zero-order valence-corrected chi connectivity index (χ0v) is 16.3. The van der Waals surface area contributed by atoms with Gasteiger partial charge in [0.2, 0.25) is 0 Å². The summed E-state index contributed by atoms with van der Waals surface area (Å²) in [6.07, 6.45) is 1.14. The minimum atomic E-state index is -0.694. The number of benzene rings is 2. The summed E-state index contributed by atoms with van der Waals surface area (Å²) in [5.41, 5.74) is 1.57. The molecule has 6 heteroatoms. The Kier molecular flexibility index (Phi) is 6.99. The number of ether oxygens (including phenoxy) is 1. The van der Waals surface area contributed by atoms with Crippen LogP contribution in [0.1, 0.15) is 22.3 Å². The highest BCUT2D eigenvalue weighted by Gasteiger charge is 2.22. The second-order valence-electron chi connectivity index (χ2n) is 5.23. The molecule has 24 heavy (non-hydrogen) atoms. The van der Waals surface area contributed by atoms with Crippen molar-refractivity contribution in [3.63, 3.8) is 0 Å². The van der Waals surface area contributed by atoms with Crippen LogP contribution in [0.4, 0.5) is 0 Å². The molecule has 0 aliphatic carbocycles. The maximum Gasteiger partial charge on any atom is 0.328 e. The minimum Gasteiger partial charge on any atom is -0.467 e. The van der Waals surface area contributed by atoms with Crippen molar-refractivity contribution in [2.45, 2.75) is 18.9 Å². The Morgan fingerprint density at radius 3 is 2.29 bits per heavy atom. The van der Waals surface area contributed by atoms with E-state index in [1.165, 1.54) is 7.11 Å². The van der Waals surface area contributed by atoms with Crippen molar-refractivity contribution in [2.75, 3.05) is 7.11 Å². The third-order valence-corrected chi connectivity index (χ3v) is 4.40. The van der Waals surface area contributed by atoms with Crippen LogP contribution in [-0.2, 0) is 16.0 Å². The molecule has 0 fully saturated rings. The summed E-state index contributed by atoms with van der Waals surface area (Å²) in [4.78, 5) is 24.4. The molecule has 0 heterocycles. The fourth-order valence-electron chi connectivity index (χ4n) is 2.27. The lowest BCUT2D eigenvalue weighted by Gasteiger charge is -2.17. The molecule has 0 saturated heterocycles. The van der Waals surface area contributed by atoms with Crippen LogP contribution in [0.15, 0.2) is 57.5 Å². The molecule has 0 aliphatic rings. The molecule has 2 aromatic rings. The van der Waals surface area contributed by atoms with Crippen molar-refractivity contribution in [3.05, 3.63) is 68.6 Å². The van der Waals surface area contributed by atoms with E-state index in [1.54, 1.807) is 12.1 Å². The molecule has 0 aliphatic heterocycles. The maximum atomic E-state index is 12.4. The van der Waals surface area contributed by atoms with Gasteiger partial charge in [0, 0.05) is 14.5 Å². The molecule has 0 saturated carbocycles. The quantitative estimate of drug-likeness (QED) is 0.668. The number of halogens is 2. The average Bonchev–Trinajstić information content (AvgIpc) is 2.57. The lowest BCUT2D eigenvalue weighted by Crippen LogP contribution is -2.41. The van der Waals surface area contributed by atoms with E-state index in [0.717, 1.165) is 14.5 Å². The molecule has 1 atom stereocenters. The van der Waals surface area contributed by atoms with Gasteiger partial charge in [-0.2, -0.15) is 0 Å². The van der Waals surface area contributed by atoms with E-state index >= 15 is 0 Å². The predicted molar refractivity (Wildman–Crippen MR) is 99.9 cm³/mol. The maximum absolute atomic E-state index is 12.4. The number of hydrogen-bond acceptors (Lipinski definition) is 3. The van der Waals surface area contributed by atoms with E-state index in [-0.39, 0.29) is 5.91 Å². The van der Waals surface area contributed by atoms with Crippen molar-refractivity contribution in [3.8, 4) is 0 Å². The van der Waals surface area contributed by atoms with Crippen molar-refractivity contribution in [1.29, 1.82) is 0 Å². The van der Waals surface area contributed by atoms with Crippen molar-refractivity contribution in [1.82, 2.24) is 5.32 Å². The highest BCUT2D eigenvalue weighted by atomic mass is 79.9. The van der Waals surface area contributed by atoms with Gasteiger partial charge in [0.25, 0.3) is 5.91 Å². The molecule has 0 unspecified atom stereocenters. The van der Waals surface area contributed by atoms with Crippen LogP contribution >= 0.6 is 31.9 Å². The number of aryl methyl sites for hydroxylation is 1. The van der Waals surface area contributed by atoms with Crippen LogP contribution in [0.2, 0.25) is 0 Å². The highest BCUT2D eigenvalue weighted by Crippen LogP contribution is 2.20. The Morgan fingerprint density at radius 1 is 1.08 bits per heavy atom. The first-order valence-electron chi connectivity index (χ1n) is 7.38. The summed E-state index contributed by atoms with van der Waals surface area (Å²) in [6.45, 7) is 0. The number of carbonyl (C=O) groups excluding carboxylic acids is 2. The molecule has 4 nitrogen and oxygen atoms in total. The summed E-state index contributed by atoms with van der Waals surface area (Å²) in [5.74, 6) is -0.770. The summed E-state index contributed by atoms with van der Waals surface area (Å²) in [6, 6.07) is 14.3. The molecule has 0 radical (unpaired) electrons. The Labute approximate surface area is 157 Å². The largest absolute Gasteiger partial charge is 0.467 e. The van der Waals surface area contributed by atoms with Gasteiger partial charge in [-0.25, -0.2) is 4.79 Å². The number of hydrogen-bond donors (Lipinski definition) is 1. The number of nitrogens with one attached hydrogen (secondary N) is 1. The van der Waals surface area contributed by atoms with Gasteiger partial charge >= 0.3 is 5.97 Å². The lowest BCUT2D eigenvalue weighted by molar-refractivity contribution is -0.143. The van der Waals surface area contributed by atoms with Crippen molar-refractivity contribution >= 4 is 43.7 Å². The molecular formula is C18H17Br2NO3. The molecule has 0 bridgehead atoms. The predicted octanol–water partition coefficient (Wildman–Crippen LogP) is 4.12. The fourth-order valence-corrected chi connectivity index (χ4v) is 3.57. The molecule has 0 spiro atoms. The first-order valence-corrected chi connectivity index (χ1v) is 8.97. The normalized spacial score (nSPS) is 11.6. The average molecular weight is 455 g/mol. The Morgan fingerprint density at radius 2 is 1.71 bits per heavy atom. The van der Waals surface area contributed by atoms with Gasteiger partial charge in [-0.15, -0.1) is 0 Å². The number of rotatable bonds is 6. The molecular weight excluding hydrogens is 438 g/mol. The van der Waals surface area contributed by atoms with Gasteiger partial charge < -0.3 is 10.1 Å². The van der Waals surface area contributed by atoms with Crippen molar-refractivity contribution < 1.29 is 14.3 Å². The van der Waals surface area contributed by atoms with Gasteiger partial charge in [0.05, 0.1) is 7.11 Å². The SMILES string of the molecule is COC(=O)[C@H](CCc1ccccc1)NC(=O)c1cc(Br)cc(Br)c1. The summed E-state index contributed by atoms with van der Waals surface area (Å²) in [7, 11) is 1.32. The fraction of sp³-hybridized carbons (Fsp3) is 0.222. The van der Waals surface area contributed by atoms with E-state index in [1.807, 2.05) is 36.4 Å². The van der Waals surface area contributed by atoms with Gasteiger partial charge in [-0.05, 0) is 36.6 Å². The Bertz CT molecular complexity index is 699. The second kappa shape index (κ2) is 8.99. The molecule has 126 valence electrons. The molecule has 2 rings (SSSR count). The van der Waals surface area contributed by atoms with Crippen molar-refractivity contribution in [2.24, 2.45) is 0 Å². The molecule has 1 N–H and O–H groups in total. The molecule has 0 aromatic heterocycles. The molecule has 1 amide bonds. The minimum absolute atomic E-state index is 0.319. The monoisotopic (exact) mass is 453 g/mol. The smallest absolute Gasteiger partial charge is 0.328 e. The summed E-state index contributed by atoms with van der Waals surface area (Å²) >= 11 is 6.70. The Balaban J connectivity index is 2.07. The van der Waals surface area contributed by atoms with Crippen LogP contribution in [-0.4, -0.2) is 25.0 Å². The number of amides is 1. The van der Waals surface area contributed by atoms with Crippen LogP contribution in [0.25, 0.3) is 0 Å². The number of carbonyl (C=O) groups is 2. The Hall–Kier alpha value is -1.66. The zero-order valence-electron chi connectivity index (χ0n) is 13.1. The first-order chi connectivity index (χ1) is 11.5. The first kappa shape index (κ1) is 18.7. The van der Waals surface area contributed by atoms with E-state index in [4.69, 9.17) is 4.74 Å². The zero-order chi connectivity index (χ0) is 17.5. The summed E-state index contributed by atoms with van der Waals surface area (Å²) in [5, 5.41) is 2.75. The van der Waals surface area contributed by atoms with Crippen LogP contribution in [0, 0.1) is 0 Å². The number of methoxy groups -OCH3 is 1. The lowest BCUT2D eigenvalue weighted by atomic mass is 10.0. The third kappa shape index (κ3) is 5.46. The van der Waals surface area contributed by atoms with E-state index in [9.17, 15) is 9.59 Å². The van der Waals surface area contributed by atoms with E-state index in [0.29, 0.717) is 18.4 Å². The van der Waals surface area contributed by atoms with Gasteiger partial charge in [0.15, 0.2) is 0 Å². The van der Waals surface area contributed by atoms with Crippen LogP contribution in [0.5, 0.6) is 0 Å². The summed E-state index contributed by atoms with van der Waals surface area (Å²) < 4.78 is 6.37. The number of esters is 1. The van der Waals surface area contributed by atoms with Gasteiger partial charge in [0.1, 0.15) is 6.04 Å².